The zero-order valence-electron chi connectivity index (χ0n) is 6.16. The summed E-state index contributed by atoms with van der Waals surface area (Å²) in [5, 5.41) is 10.3. The van der Waals surface area contributed by atoms with Crippen molar-refractivity contribution >= 4 is 10.9 Å². The van der Waals surface area contributed by atoms with E-state index in [1.54, 1.807) is 18.3 Å². The second-order valence-corrected chi connectivity index (χ2v) is 2.35. The zero-order valence-corrected chi connectivity index (χ0v) is 8.33. The summed E-state index contributed by atoms with van der Waals surface area (Å²) < 4.78 is 0. The van der Waals surface area contributed by atoms with Gasteiger partial charge in [0.2, 0.25) is 0 Å². The Morgan fingerprint density at radius 3 is 2.58 bits per heavy atom. The maximum atomic E-state index is 9.31. The van der Waals surface area contributed by atoms with E-state index in [4.69, 9.17) is 0 Å². The van der Waals surface area contributed by atoms with Crippen LogP contribution in [0.1, 0.15) is 0 Å². The predicted octanol–water partition coefficient (Wildman–Crippen LogP) is 1.94. The van der Waals surface area contributed by atoms with Crippen molar-refractivity contribution in [2.24, 2.45) is 0 Å². The largest absolute Gasteiger partial charge is 0.506 e. The van der Waals surface area contributed by atoms with Crippen LogP contribution in [0.3, 0.4) is 0 Å². The molecule has 65 valence electrons. The van der Waals surface area contributed by atoms with Crippen LogP contribution in [0.25, 0.3) is 10.9 Å². The molecule has 2 rings (SSSR count). The minimum absolute atomic E-state index is 0. The minimum Gasteiger partial charge on any atom is -0.506 e. The van der Waals surface area contributed by atoms with E-state index in [2.05, 4.69) is 4.98 Å². The molecule has 0 bridgehead atoms. The summed E-state index contributed by atoms with van der Waals surface area (Å²) in [5.74, 6) is 0.239. The van der Waals surface area contributed by atoms with Gasteiger partial charge in [-0.15, -0.1) is 0 Å². The standard InChI is InChI=1S/C9H7NO.Au/c11-8-5-1-3-7-4-2-6-10-9(7)8;/h1-6,11H;. The van der Waals surface area contributed by atoms with Crippen LogP contribution in [-0.4, -0.2) is 10.1 Å². The predicted molar refractivity (Wildman–Crippen MR) is 43.4 cm³/mol. The Kier molecular flexibility index (Phi) is 2.87. The van der Waals surface area contributed by atoms with Gasteiger partial charge in [0.05, 0.1) is 0 Å². The molecule has 12 heavy (non-hydrogen) atoms. The summed E-state index contributed by atoms with van der Waals surface area (Å²) >= 11 is 0. The quantitative estimate of drug-likeness (QED) is 0.743. The maximum Gasteiger partial charge on any atom is 0.141 e. The summed E-state index contributed by atoms with van der Waals surface area (Å²) in [6.07, 6.45) is 1.67. The first-order valence-electron chi connectivity index (χ1n) is 3.40. The Morgan fingerprint density at radius 2 is 1.83 bits per heavy atom. The molecule has 1 aromatic carbocycles. The summed E-state index contributed by atoms with van der Waals surface area (Å²) in [7, 11) is 0. The van der Waals surface area contributed by atoms with E-state index in [1.807, 2.05) is 18.2 Å². The van der Waals surface area contributed by atoms with Gasteiger partial charge in [-0.3, -0.25) is 4.98 Å². The topological polar surface area (TPSA) is 33.1 Å². The van der Waals surface area contributed by atoms with Crippen LogP contribution >= 0.6 is 0 Å². The number of rotatable bonds is 0. The van der Waals surface area contributed by atoms with Crippen molar-refractivity contribution in [3.8, 4) is 5.75 Å². The van der Waals surface area contributed by atoms with Gasteiger partial charge in [-0.05, 0) is 12.1 Å². The molecule has 1 radical (unpaired) electrons. The summed E-state index contributed by atoms with van der Waals surface area (Å²) in [6, 6.07) is 9.13. The molecular formula is C9H7AuNO. The molecule has 0 saturated heterocycles. The maximum absolute atomic E-state index is 9.31. The molecule has 2 aromatic rings. The molecule has 0 unspecified atom stereocenters. The van der Waals surface area contributed by atoms with Crippen LogP contribution in [0.4, 0.5) is 0 Å². The molecule has 1 heterocycles. The molecule has 0 atom stereocenters. The molecule has 0 amide bonds. The number of para-hydroxylation sites is 1. The van der Waals surface area contributed by atoms with E-state index < -0.39 is 0 Å². The summed E-state index contributed by atoms with van der Waals surface area (Å²) in [4.78, 5) is 4.03. The van der Waals surface area contributed by atoms with Crippen LogP contribution in [0, 0.1) is 0 Å². The molecule has 1 aromatic heterocycles. The number of benzene rings is 1. The molecular weight excluding hydrogens is 335 g/mol. The van der Waals surface area contributed by atoms with Gasteiger partial charge in [0.15, 0.2) is 0 Å². The summed E-state index contributed by atoms with van der Waals surface area (Å²) in [5.41, 5.74) is 0.662. The van der Waals surface area contributed by atoms with Crippen LogP contribution in [-0.2, 0) is 22.4 Å². The number of aromatic nitrogens is 1. The number of pyridine rings is 1. The Bertz CT molecular complexity index is 384. The molecule has 0 aliphatic carbocycles. The van der Waals surface area contributed by atoms with Crippen molar-refractivity contribution in [2.45, 2.75) is 0 Å². The summed E-state index contributed by atoms with van der Waals surface area (Å²) in [6.45, 7) is 0. The number of phenols is 1. The second-order valence-electron chi connectivity index (χ2n) is 2.35. The zero-order chi connectivity index (χ0) is 7.68. The first-order valence-corrected chi connectivity index (χ1v) is 3.40. The van der Waals surface area contributed by atoms with Crippen LogP contribution in [0.15, 0.2) is 36.5 Å². The third-order valence-corrected chi connectivity index (χ3v) is 1.61. The third-order valence-electron chi connectivity index (χ3n) is 1.61. The Hall–Kier alpha value is -0.830. The molecule has 0 fully saturated rings. The van der Waals surface area contributed by atoms with Gasteiger partial charge in [0, 0.05) is 34.0 Å². The van der Waals surface area contributed by atoms with Crippen LogP contribution < -0.4 is 0 Å². The molecule has 1 N–H and O–H groups in total. The van der Waals surface area contributed by atoms with Crippen molar-refractivity contribution in [1.29, 1.82) is 0 Å². The van der Waals surface area contributed by atoms with Crippen molar-refractivity contribution in [3.05, 3.63) is 36.5 Å². The van der Waals surface area contributed by atoms with Crippen LogP contribution in [0.5, 0.6) is 5.75 Å². The molecule has 2 nitrogen and oxygen atoms in total. The number of hydrogen-bond donors (Lipinski definition) is 1. The van der Waals surface area contributed by atoms with E-state index in [-0.39, 0.29) is 28.1 Å². The number of phenolic OH excluding ortho intramolecular Hbond substituents is 1. The average molecular weight is 342 g/mol. The molecule has 3 heteroatoms. The Morgan fingerprint density at radius 1 is 1.08 bits per heavy atom. The van der Waals surface area contributed by atoms with Gasteiger partial charge in [0.25, 0.3) is 0 Å². The van der Waals surface area contributed by atoms with E-state index in [0.29, 0.717) is 5.52 Å². The molecule has 0 spiro atoms. The molecule has 0 saturated carbocycles. The number of fused-ring (bicyclic) bond motifs is 1. The second kappa shape index (κ2) is 3.72. The molecule has 0 aliphatic heterocycles. The van der Waals surface area contributed by atoms with Gasteiger partial charge in [0.1, 0.15) is 11.3 Å². The van der Waals surface area contributed by atoms with Gasteiger partial charge < -0.3 is 5.11 Å². The number of nitrogens with zero attached hydrogens (tertiary/aromatic N) is 1. The first-order chi connectivity index (χ1) is 5.38. The fourth-order valence-electron chi connectivity index (χ4n) is 1.09. The van der Waals surface area contributed by atoms with E-state index in [1.165, 1.54) is 0 Å². The fraction of sp³-hybridized carbons (Fsp3) is 0. The van der Waals surface area contributed by atoms with Gasteiger partial charge in [-0.2, -0.15) is 0 Å². The van der Waals surface area contributed by atoms with Crippen molar-refractivity contribution in [2.75, 3.05) is 0 Å². The van der Waals surface area contributed by atoms with Crippen molar-refractivity contribution in [1.82, 2.24) is 4.98 Å². The van der Waals surface area contributed by atoms with Crippen LogP contribution in [0.2, 0.25) is 0 Å². The van der Waals surface area contributed by atoms with Crippen molar-refractivity contribution < 1.29 is 27.5 Å². The van der Waals surface area contributed by atoms with Gasteiger partial charge in [-0.25, -0.2) is 0 Å². The fourth-order valence-corrected chi connectivity index (χ4v) is 1.09. The number of aromatic hydroxyl groups is 1. The minimum atomic E-state index is 0. The van der Waals surface area contributed by atoms with E-state index in [9.17, 15) is 5.11 Å². The SMILES string of the molecule is Oc1cccc2cccnc12.[Au]. The number of hydrogen-bond acceptors (Lipinski definition) is 2. The monoisotopic (exact) mass is 342 g/mol. The normalized spacial score (nSPS) is 9.33. The van der Waals surface area contributed by atoms with Crippen molar-refractivity contribution in [3.63, 3.8) is 0 Å². The van der Waals surface area contributed by atoms with E-state index >= 15 is 0 Å². The third kappa shape index (κ3) is 1.50. The Labute approximate surface area is 85.8 Å². The van der Waals surface area contributed by atoms with E-state index in [0.717, 1.165) is 5.39 Å². The van der Waals surface area contributed by atoms with Gasteiger partial charge >= 0.3 is 0 Å². The molecule has 0 aliphatic rings. The average Bonchev–Trinajstić information content (AvgIpc) is 2.06. The smallest absolute Gasteiger partial charge is 0.141 e. The van der Waals surface area contributed by atoms with Gasteiger partial charge in [-0.1, -0.05) is 18.2 Å². The first kappa shape index (κ1) is 9.26. The Balaban J connectivity index is 0.000000720.